The van der Waals surface area contributed by atoms with Gasteiger partial charge in [0.15, 0.2) is 18.2 Å². The van der Waals surface area contributed by atoms with E-state index in [0.717, 1.165) is 31.3 Å². The van der Waals surface area contributed by atoms with Crippen molar-refractivity contribution in [2.75, 3.05) is 6.61 Å². The van der Waals surface area contributed by atoms with Crippen LogP contribution in [0.4, 0.5) is 0 Å². The van der Waals surface area contributed by atoms with Gasteiger partial charge in [-0.3, -0.25) is 14.4 Å². The Labute approximate surface area is 160 Å². The fourth-order valence-electron chi connectivity index (χ4n) is 5.78. The van der Waals surface area contributed by atoms with Crippen LogP contribution >= 0.6 is 0 Å². The van der Waals surface area contributed by atoms with Crippen LogP contribution in [0.2, 0.25) is 0 Å². The molecule has 0 spiro atoms. The highest BCUT2D eigenvalue weighted by Crippen LogP contribution is 2.62. The Kier molecular flexibility index (Phi) is 4.13. The van der Waals surface area contributed by atoms with E-state index in [1.807, 2.05) is 6.08 Å². The third-order valence-corrected chi connectivity index (χ3v) is 7.24. The van der Waals surface area contributed by atoms with Gasteiger partial charge in [0, 0.05) is 23.3 Å². The van der Waals surface area contributed by atoms with Gasteiger partial charge in [-0.15, -0.1) is 0 Å². The number of carbonyl (C=O) groups excluding carboxylic acids is 3. The quantitative estimate of drug-likeness (QED) is 0.562. The van der Waals surface area contributed by atoms with Gasteiger partial charge in [-0.25, -0.2) is 0 Å². The van der Waals surface area contributed by atoms with E-state index in [1.54, 1.807) is 6.08 Å². The van der Waals surface area contributed by atoms with Crippen LogP contribution in [-0.2, 0) is 19.1 Å². The molecule has 4 rings (SSSR count). The van der Waals surface area contributed by atoms with E-state index in [4.69, 9.17) is 4.74 Å². The zero-order valence-corrected chi connectivity index (χ0v) is 16.2. The van der Waals surface area contributed by atoms with Gasteiger partial charge in [-0.1, -0.05) is 36.3 Å². The predicted molar refractivity (Wildman–Crippen MR) is 102 cm³/mol. The number of esters is 1. The van der Waals surface area contributed by atoms with E-state index in [-0.39, 0.29) is 29.0 Å². The van der Waals surface area contributed by atoms with Gasteiger partial charge in [0.25, 0.3) is 0 Å². The lowest BCUT2D eigenvalue weighted by Gasteiger charge is -2.51. The summed E-state index contributed by atoms with van der Waals surface area (Å²) in [4.78, 5) is 35.6. The summed E-state index contributed by atoms with van der Waals surface area (Å²) in [5.41, 5.74) is 3.09. The maximum absolute atomic E-state index is 12.7. The Bertz CT molecular complexity index is 856. The summed E-state index contributed by atoms with van der Waals surface area (Å²) in [6.45, 7) is 5.56. The molecule has 0 aromatic carbocycles. The van der Waals surface area contributed by atoms with Gasteiger partial charge in [-0.05, 0) is 56.6 Å². The number of fused-ring (bicyclic) bond motifs is 5. The normalized spacial score (nSPS) is 36.7. The highest BCUT2D eigenvalue weighted by atomic mass is 16.5. The fourth-order valence-corrected chi connectivity index (χ4v) is 5.78. The van der Waals surface area contributed by atoms with Crippen LogP contribution in [0.25, 0.3) is 0 Å². The van der Waals surface area contributed by atoms with E-state index in [0.29, 0.717) is 11.8 Å². The highest BCUT2D eigenvalue weighted by molar-refractivity contribution is 6.01. The van der Waals surface area contributed by atoms with Crippen molar-refractivity contribution < 1.29 is 19.1 Å². The Morgan fingerprint density at radius 1 is 1.26 bits per heavy atom. The summed E-state index contributed by atoms with van der Waals surface area (Å²) in [6.07, 6.45) is 13.6. The van der Waals surface area contributed by atoms with Crippen LogP contribution in [0.15, 0.2) is 47.1 Å². The molecular weight excluding hydrogens is 340 g/mol. The molecule has 4 nitrogen and oxygen atoms in total. The number of ketones is 2. The van der Waals surface area contributed by atoms with Crippen molar-refractivity contribution in [3.05, 3.63) is 47.1 Å². The summed E-state index contributed by atoms with van der Waals surface area (Å²) in [5.74, 6) is 0.394. The molecule has 1 saturated carbocycles. The van der Waals surface area contributed by atoms with Crippen molar-refractivity contribution in [1.29, 1.82) is 0 Å². The first kappa shape index (κ1) is 18.1. The molecule has 0 heterocycles. The van der Waals surface area contributed by atoms with Crippen molar-refractivity contribution in [2.24, 2.45) is 22.7 Å². The topological polar surface area (TPSA) is 60.4 Å². The molecule has 0 saturated heterocycles. The van der Waals surface area contributed by atoms with Gasteiger partial charge in [0.1, 0.15) is 0 Å². The summed E-state index contributed by atoms with van der Waals surface area (Å²) < 4.78 is 4.95. The van der Waals surface area contributed by atoms with Crippen LogP contribution in [0.5, 0.6) is 0 Å². The minimum Gasteiger partial charge on any atom is -0.457 e. The smallest absolute Gasteiger partial charge is 0.303 e. The lowest BCUT2D eigenvalue weighted by Crippen LogP contribution is -2.43. The van der Waals surface area contributed by atoms with Crippen LogP contribution in [0.3, 0.4) is 0 Å². The molecular formula is C23H26O4. The summed E-state index contributed by atoms with van der Waals surface area (Å²) in [7, 11) is 0. The summed E-state index contributed by atoms with van der Waals surface area (Å²) in [6, 6.07) is 0. The summed E-state index contributed by atoms with van der Waals surface area (Å²) in [5, 5.41) is 0. The monoisotopic (exact) mass is 366 g/mol. The standard InChI is InChI=1S/C23H26O4/c1-14(24)27-13-21(26)20-7-6-18-17-5-4-15-12-16(25)8-10-22(15,2)19(17)9-11-23(18,20)3/h7-10,12,17-18H,4-6,11,13H2,1-3H3/t17?,18?,22-,23-/m0/s1. The van der Waals surface area contributed by atoms with Gasteiger partial charge in [-0.2, -0.15) is 0 Å². The molecule has 4 heteroatoms. The second kappa shape index (κ2) is 6.15. The van der Waals surface area contributed by atoms with Crippen LogP contribution < -0.4 is 0 Å². The number of hydrogen-bond donors (Lipinski definition) is 0. The van der Waals surface area contributed by atoms with Crippen LogP contribution in [0.1, 0.15) is 46.5 Å². The second-order valence-electron chi connectivity index (χ2n) is 8.70. The Morgan fingerprint density at radius 3 is 2.78 bits per heavy atom. The molecule has 4 aliphatic carbocycles. The van der Waals surface area contributed by atoms with Crippen molar-refractivity contribution in [3.8, 4) is 0 Å². The van der Waals surface area contributed by atoms with Crippen LogP contribution in [0, 0.1) is 22.7 Å². The second-order valence-corrected chi connectivity index (χ2v) is 8.70. The Morgan fingerprint density at radius 2 is 2.04 bits per heavy atom. The zero-order valence-electron chi connectivity index (χ0n) is 16.2. The molecule has 142 valence electrons. The van der Waals surface area contributed by atoms with E-state index in [9.17, 15) is 14.4 Å². The van der Waals surface area contributed by atoms with Gasteiger partial charge >= 0.3 is 5.97 Å². The van der Waals surface area contributed by atoms with Crippen molar-refractivity contribution in [1.82, 2.24) is 0 Å². The Hall–Kier alpha value is -2.23. The largest absolute Gasteiger partial charge is 0.457 e. The number of hydrogen-bond acceptors (Lipinski definition) is 4. The molecule has 0 N–H and O–H groups in total. The molecule has 4 atom stereocenters. The third kappa shape index (κ3) is 2.69. The minimum atomic E-state index is -0.423. The fraction of sp³-hybridized carbons (Fsp3) is 0.522. The molecule has 0 radical (unpaired) electrons. The maximum atomic E-state index is 12.7. The first-order valence-electron chi connectivity index (χ1n) is 9.77. The van der Waals surface area contributed by atoms with Crippen molar-refractivity contribution in [3.63, 3.8) is 0 Å². The van der Waals surface area contributed by atoms with Gasteiger partial charge in [0.2, 0.25) is 0 Å². The lowest BCUT2D eigenvalue weighted by molar-refractivity contribution is -0.145. The molecule has 0 amide bonds. The maximum Gasteiger partial charge on any atom is 0.303 e. The predicted octanol–water partition coefficient (Wildman–Crippen LogP) is 3.88. The number of carbonyl (C=O) groups is 3. The van der Waals surface area contributed by atoms with Gasteiger partial charge in [0.05, 0.1) is 0 Å². The lowest BCUT2D eigenvalue weighted by atomic mass is 9.52. The van der Waals surface area contributed by atoms with Gasteiger partial charge < -0.3 is 4.74 Å². The molecule has 0 aromatic heterocycles. The number of Topliss-reactive ketones (excluding diaryl/α,β-unsaturated/α-hetero) is 1. The molecule has 4 aliphatic rings. The third-order valence-electron chi connectivity index (χ3n) is 7.24. The molecule has 0 aromatic rings. The first-order valence-corrected chi connectivity index (χ1v) is 9.77. The zero-order chi connectivity index (χ0) is 19.4. The minimum absolute atomic E-state index is 0.0715. The van der Waals surface area contributed by atoms with E-state index >= 15 is 0 Å². The average Bonchev–Trinajstić information content (AvgIpc) is 2.97. The molecule has 0 bridgehead atoms. The van der Waals surface area contributed by atoms with Crippen molar-refractivity contribution >= 4 is 17.5 Å². The van der Waals surface area contributed by atoms with E-state index in [2.05, 4.69) is 32.1 Å². The highest BCUT2D eigenvalue weighted by Gasteiger charge is 2.54. The number of rotatable bonds is 3. The van der Waals surface area contributed by atoms with Crippen LogP contribution in [-0.4, -0.2) is 24.1 Å². The SMILES string of the molecule is CC(=O)OCC(=O)C1=CCC2C3CCC4=CC(=O)C=C[C@]4(C)C3=CC[C@]12C. The average molecular weight is 366 g/mol. The molecule has 27 heavy (non-hydrogen) atoms. The molecule has 0 aliphatic heterocycles. The van der Waals surface area contributed by atoms with Crippen molar-refractivity contribution in [2.45, 2.75) is 46.5 Å². The number of allylic oxidation sites excluding steroid dienone is 7. The number of ether oxygens (including phenoxy) is 1. The first-order chi connectivity index (χ1) is 12.8. The molecule has 1 fully saturated rings. The molecule has 2 unspecified atom stereocenters. The van der Waals surface area contributed by atoms with E-state index < -0.39 is 5.97 Å². The summed E-state index contributed by atoms with van der Waals surface area (Å²) >= 11 is 0. The Balaban J connectivity index is 1.63. The van der Waals surface area contributed by atoms with E-state index in [1.165, 1.54) is 18.1 Å².